The van der Waals surface area contributed by atoms with Gasteiger partial charge in [0.2, 0.25) is 0 Å². The molecule has 0 unspecified atom stereocenters. The number of aliphatic hydroxyl groups excluding tert-OH is 1. The molecule has 1 aliphatic rings. The Morgan fingerprint density at radius 2 is 1.96 bits per heavy atom. The Kier molecular flexibility index (Phi) is 7.66. The summed E-state index contributed by atoms with van der Waals surface area (Å²) in [5, 5.41) is 11.5. The van der Waals surface area contributed by atoms with Gasteiger partial charge in [0.15, 0.2) is 0 Å². The summed E-state index contributed by atoms with van der Waals surface area (Å²) >= 11 is 0. The van der Waals surface area contributed by atoms with Gasteiger partial charge in [-0.1, -0.05) is 12.1 Å². The molecule has 1 fully saturated rings. The molecule has 1 aromatic carbocycles. The number of hydrogen-bond donors (Lipinski definition) is 2. The summed E-state index contributed by atoms with van der Waals surface area (Å²) < 4.78 is 5.44. The molecular formula is C21H32N2O4. The zero-order chi connectivity index (χ0) is 19.9. The standard InChI is InChI=1S/C21H32N2O4/c1-21(2,3)27-20(26)23-12-9-16(10-13-23)7-8-17-5-4-6-18(15-17)19(25)22-11-14-24/h4-6,15-16,24H,7-14H2,1-3H3,(H,22,25). The summed E-state index contributed by atoms with van der Waals surface area (Å²) in [5.41, 5.74) is 1.31. The van der Waals surface area contributed by atoms with E-state index in [0.29, 0.717) is 11.5 Å². The third-order valence-corrected chi connectivity index (χ3v) is 4.69. The highest BCUT2D eigenvalue weighted by Gasteiger charge is 2.26. The molecular weight excluding hydrogens is 344 g/mol. The number of piperidine rings is 1. The predicted octanol–water partition coefficient (Wildman–Crippen LogP) is 2.99. The van der Waals surface area contributed by atoms with E-state index in [1.54, 1.807) is 11.0 Å². The molecule has 2 amide bonds. The molecule has 0 atom stereocenters. The monoisotopic (exact) mass is 376 g/mol. The highest BCUT2D eigenvalue weighted by atomic mass is 16.6. The fraction of sp³-hybridized carbons (Fsp3) is 0.619. The molecule has 2 N–H and O–H groups in total. The highest BCUT2D eigenvalue weighted by molar-refractivity contribution is 5.94. The minimum atomic E-state index is -0.456. The van der Waals surface area contributed by atoms with Gasteiger partial charge >= 0.3 is 6.09 Å². The molecule has 1 aromatic rings. The van der Waals surface area contributed by atoms with E-state index in [2.05, 4.69) is 5.32 Å². The van der Waals surface area contributed by atoms with Gasteiger partial charge in [-0.2, -0.15) is 0 Å². The van der Waals surface area contributed by atoms with Crippen molar-refractivity contribution in [2.75, 3.05) is 26.2 Å². The van der Waals surface area contributed by atoms with Gasteiger partial charge in [-0.3, -0.25) is 4.79 Å². The van der Waals surface area contributed by atoms with Gasteiger partial charge in [0.1, 0.15) is 5.60 Å². The second kappa shape index (κ2) is 9.74. The zero-order valence-electron chi connectivity index (χ0n) is 16.7. The molecule has 6 nitrogen and oxygen atoms in total. The Labute approximate surface area is 161 Å². The van der Waals surface area contributed by atoms with Crippen molar-refractivity contribution >= 4 is 12.0 Å². The Hall–Kier alpha value is -2.08. The summed E-state index contributed by atoms with van der Waals surface area (Å²) in [6, 6.07) is 7.64. The van der Waals surface area contributed by atoms with E-state index in [1.807, 2.05) is 39.0 Å². The smallest absolute Gasteiger partial charge is 0.410 e. The Morgan fingerprint density at radius 3 is 2.59 bits per heavy atom. The second-order valence-electron chi connectivity index (χ2n) is 8.13. The van der Waals surface area contributed by atoms with Gasteiger partial charge in [0.05, 0.1) is 6.61 Å². The van der Waals surface area contributed by atoms with Crippen LogP contribution in [0.15, 0.2) is 24.3 Å². The van der Waals surface area contributed by atoms with Gasteiger partial charge in [0, 0.05) is 25.2 Å². The van der Waals surface area contributed by atoms with Crippen LogP contribution in [0.2, 0.25) is 0 Å². The van der Waals surface area contributed by atoms with Crippen LogP contribution in [0, 0.1) is 5.92 Å². The average molecular weight is 376 g/mol. The third-order valence-electron chi connectivity index (χ3n) is 4.69. The van der Waals surface area contributed by atoms with E-state index in [9.17, 15) is 9.59 Å². The van der Waals surface area contributed by atoms with E-state index in [0.717, 1.165) is 44.3 Å². The molecule has 1 saturated heterocycles. The van der Waals surface area contributed by atoms with Crippen LogP contribution in [0.25, 0.3) is 0 Å². The number of nitrogens with zero attached hydrogens (tertiary/aromatic N) is 1. The Balaban J connectivity index is 1.78. The lowest BCUT2D eigenvalue weighted by Gasteiger charge is -2.33. The number of amides is 2. The SMILES string of the molecule is CC(C)(C)OC(=O)N1CCC(CCc2cccc(C(=O)NCCO)c2)CC1. The van der Waals surface area contributed by atoms with Gasteiger partial charge in [-0.25, -0.2) is 4.79 Å². The summed E-state index contributed by atoms with van der Waals surface area (Å²) in [4.78, 5) is 25.9. The van der Waals surface area contributed by atoms with Gasteiger partial charge in [-0.15, -0.1) is 0 Å². The first-order valence-corrected chi connectivity index (χ1v) is 9.74. The first-order chi connectivity index (χ1) is 12.8. The molecule has 27 heavy (non-hydrogen) atoms. The summed E-state index contributed by atoms with van der Waals surface area (Å²) in [6.07, 6.45) is 3.70. The van der Waals surface area contributed by atoms with E-state index in [4.69, 9.17) is 9.84 Å². The average Bonchev–Trinajstić information content (AvgIpc) is 2.63. The largest absolute Gasteiger partial charge is 0.444 e. The number of carbonyl (C=O) groups excluding carboxylic acids is 2. The maximum atomic E-state index is 12.1. The van der Waals surface area contributed by atoms with Crippen molar-refractivity contribution in [3.8, 4) is 0 Å². The molecule has 0 aliphatic carbocycles. The van der Waals surface area contributed by atoms with E-state index in [1.165, 1.54) is 0 Å². The molecule has 0 saturated carbocycles. The first-order valence-electron chi connectivity index (χ1n) is 9.74. The number of ether oxygens (including phenoxy) is 1. The Bertz CT molecular complexity index is 631. The van der Waals surface area contributed by atoms with Crippen LogP contribution in [-0.2, 0) is 11.2 Å². The highest BCUT2D eigenvalue weighted by Crippen LogP contribution is 2.24. The summed E-state index contributed by atoms with van der Waals surface area (Å²) in [7, 11) is 0. The van der Waals surface area contributed by atoms with Crippen molar-refractivity contribution in [3.63, 3.8) is 0 Å². The lowest BCUT2D eigenvalue weighted by atomic mass is 9.90. The number of hydrogen-bond acceptors (Lipinski definition) is 4. The van der Waals surface area contributed by atoms with Crippen molar-refractivity contribution < 1.29 is 19.4 Å². The molecule has 2 rings (SSSR count). The minimum absolute atomic E-state index is 0.0621. The number of nitrogens with one attached hydrogen (secondary N) is 1. The van der Waals surface area contributed by atoms with Crippen LogP contribution < -0.4 is 5.32 Å². The molecule has 6 heteroatoms. The van der Waals surface area contributed by atoms with E-state index in [-0.39, 0.29) is 25.2 Å². The van der Waals surface area contributed by atoms with E-state index >= 15 is 0 Å². The Morgan fingerprint density at radius 1 is 1.26 bits per heavy atom. The number of aliphatic hydroxyl groups is 1. The lowest BCUT2D eigenvalue weighted by molar-refractivity contribution is 0.0181. The van der Waals surface area contributed by atoms with Gasteiger partial charge in [0.25, 0.3) is 5.91 Å². The lowest BCUT2D eigenvalue weighted by Crippen LogP contribution is -2.41. The molecule has 150 valence electrons. The fourth-order valence-corrected chi connectivity index (χ4v) is 3.24. The van der Waals surface area contributed by atoms with Crippen LogP contribution in [-0.4, -0.2) is 53.8 Å². The van der Waals surface area contributed by atoms with Crippen LogP contribution in [0.3, 0.4) is 0 Å². The first kappa shape index (κ1) is 21.2. The van der Waals surface area contributed by atoms with Crippen LogP contribution in [0.4, 0.5) is 4.79 Å². The van der Waals surface area contributed by atoms with Gasteiger partial charge < -0.3 is 20.1 Å². The second-order valence-corrected chi connectivity index (χ2v) is 8.13. The number of benzene rings is 1. The predicted molar refractivity (Wildman–Crippen MR) is 105 cm³/mol. The molecule has 0 radical (unpaired) electrons. The van der Waals surface area contributed by atoms with Gasteiger partial charge in [-0.05, 0) is 70.1 Å². The van der Waals surface area contributed by atoms with Crippen molar-refractivity contribution in [3.05, 3.63) is 35.4 Å². The molecule has 0 aromatic heterocycles. The number of aryl methyl sites for hydroxylation is 1. The van der Waals surface area contributed by atoms with E-state index < -0.39 is 5.60 Å². The molecule has 0 spiro atoms. The normalized spacial score (nSPS) is 15.5. The number of likely N-dealkylation sites (tertiary alicyclic amines) is 1. The zero-order valence-corrected chi connectivity index (χ0v) is 16.7. The summed E-state index contributed by atoms with van der Waals surface area (Å²) in [5.74, 6) is 0.423. The topological polar surface area (TPSA) is 78.9 Å². The van der Waals surface area contributed by atoms with Crippen molar-refractivity contribution in [1.29, 1.82) is 0 Å². The van der Waals surface area contributed by atoms with Crippen molar-refractivity contribution in [2.24, 2.45) is 5.92 Å². The number of rotatable bonds is 6. The number of carbonyl (C=O) groups is 2. The molecule has 0 bridgehead atoms. The fourth-order valence-electron chi connectivity index (χ4n) is 3.24. The maximum Gasteiger partial charge on any atom is 0.410 e. The van der Waals surface area contributed by atoms with Crippen LogP contribution in [0.1, 0.15) is 56.0 Å². The summed E-state index contributed by atoms with van der Waals surface area (Å²) in [6.45, 7) is 7.33. The van der Waals surface area contributed by atoms with Crippen LogP contribution in [0.5, 0.6) is 0 Å². The van der Waals surface area contributed by atoms with Crippen LogP contribution >= 0.6 is 0 Å². The maximum absolute atomic E-state index is 12.1. The third kappa shape index (κ3) is 7.21. The molecule has 1 aliphatic heterocycles. The van der Waals surface area contributed by atoms with Crippen molar-refractivity contribution in [2.45, 2.75) is 52.1 Å². The minimum Gasteiger partial charge on any atom is -0.444 e. The quantitative estimate of drug-likeness (QED) is 0.800. The van der Waals surface area contributed by atoms with Crippen molar-refractivity contribution in [1.82, 2.24) is 10.2 Å². The molecule has 1 heterocycles.